The lowest BCUT2D eigenvalue weighted by molar-refractivity contribution is 0.667. The van der Waals surface area contributed by atoms with Crippen LogP contribution in [0, 0.1) is 0 Å². The third kappa shape index (κ3) is 5.20. The van der Waals surface area contributed by atoms with Crippen molar-refractivity contribution in [2.75, 3.05) is 4.90 Å². The second-order valence-corrected chi connectivity index (χ2v) is 14.1. The molecule has 258 valence electrons. The molecule has 0 bridgehead atoms. The van der Waals surface area contributed by atoms with E-state index in [4.69, 9.17) is 8.83 Å². The second kappa shape index (κ2) is 12.6. The average Bonchev–Trinajstić information content (AvgIpc) is 3.83. The van der Waals surface area contributed by atoms with Crippen LogP contribution in [0.1, 0.15) is 0 Å². The van der Waals surface area contributed by atoms with Crippen LogP contribution < -0.4 is 4.90 Å². The van der Waals surface area contributed by atoms with Crippen LogP contribution in [0.2, 0.25) is 0 Å². The molecule has 0 unspecified atom stereocenters. The maximum Gasteiger partial charge on any atom is 0.159 e. The number of benzene rings is 9. The van der Waals surface area contributed by atoms with Crippen molar-refractivity contribution in [3.8, 4) is 33.4 Å². The number of hydrogen-bond donors (Lipinski definition) is 0. The molecule has 0 atom stereocenters. The summed E-state index contributed by atoms with van der Waals surface area (Å²) in [6, 6.07) is 70.8. The predicted molar refractivity (Wildman–Crippen MR) is 229 cm³/mol. The van der Waals surface area contributed by atoms with Crippen LogP contribution in [0.25, 0.3) is 88.0 Å². The summed E-state index contributed by atoms with van der Waals surface area (Å²) in [7, 11) is 0. The molecule has 0 amide bonds. The van der Waals surface area contributed by atoms with Crippen LogP contribution in [0.5, 0.6) is 0 Å². The molecule has 0 radical (unpaired) electrons. The van der Waals surface area contributed by atoms with E-state index in [0.717, 1.165) is 77.5 Å². The predicted octanol–water partition coefficient (Wildman–Crippen LogP) is 15.1. The van der Waals surface area contributed by atoms with E-state index in [1.807, 2.05) is 12.1 Å². The summed E-state index contributed by atoms with van der Waals surface area (Å²) >= 11 is 0. The van der Waals surface area contributed by atoms with Gasteiger partial charge in [0.15, 0.2) is 5.58 Å². The van der Waals surface area contributed by atoms with Crippen molar-refractivity contribution in [2.24, 2.45) is 0 Å². The SMILES string of the molecule is c1ccc(-c2cc(-c3ccccc3)cc(-c3cc4oc5c(N(c6ccccc6)c6ccc7c(c6)oc6ccccc67)cccc5c4c4ccccc34)c2)cc1. The monoisotopic (exact) mass is 703 g/mol. The first-order chi connectivity index (χ1) is 27.3. The molecule has 0 saturated heterocycles. The van der Waals surface area contributed by atoms with Crippen molar-refractivity contribution < 1.29 is 8.83 Å². The molecule has 2 aromatic heterocycles. The van der Waals surface area contributed by atoms with Crippen molar-refractivity contribution in [1.29, 1.82) is 0 Å². The van der Waals surface area contributed by atoms with Gasteiger partial charge in [-0.05, 0) is 105 Å². The van der Waals surface area contributed by atoms with E-state index < -0.39 is 0 Å². The van der Waals surface area contributed by atoms with E-state index >= 15 is 0 Å². The van der Waals surface area contributed by atoms with Crippen molar-refractivity contribution in [1.82, 2.24) is 0 Å². The molecule has 55 heavy (non-hydrogen) atoms. The summed E-state index contributed by atoms with van der Waals surface area (Å²) in [5.74, 6) is 0. The van der Waals surface area contributed by atoms with Gasteiger partial charge in [0, 0.05) is 33.3 Å². The maximum atomic E-state index is 7.08. The highest BCUT2D eigenvalue weighted by Gasteiger charge is 2.22. The largest absolute Gasteiger partial charge is 0.456 e. The Hall–Kier alpha value is -7.36. The van der Waals surface area contributed by atoms with Crippen LogP contribution in [-0.2, 0) is 0 Å². The van der Waals surface area contributed by atoms with Gasteiger partial charge in [0.1, 0.15) is 16.7 Å². The quantitative estimate of drug-likeness (QED) is 0.173. The van der Waals surface area contributed by atoms with Crippen molar-refractivity contribution in [3.05, 3.63) is 200 Å². The lowest BCUT2D eigenvalue weighted by atomic mass is 9.90. The van der Waals surface area contributed by atoms with Crippen molar-refractivity contribution in [2.45, 2.75) is 0 Å². The minimum Gasteiger partial charge on any atom is -0.456 e. The topological polar surface area (TPSA) is 29.5 Å². The molecule has 0 aliphatic carbocycles. The molecule has 11 rings (SSSR count). The summed E-state index contributed by atoms with van der Waals surface area (Å²) in [5, 5.41) is 6.74. The smallest absolute Gasteiger partial charge is 0.159 e. The summed E-state index contributed by atoms with van der Waals surface area (Å²) in [6.45, 7) is 0. The normalized spacial score (nSPS) is 11.6. The van der Waals surface area contributed by atoms with E-state index in [0.29, 0.717) is 0 Å². The van der Waals surface area contributed by atoms with E-state index in [9.17, 15) is 0 Å². The summed E-state index contributed by atoms with van der Waals surface area (Å²) in [5.41, 5.74) is 13.4. The molecule has 0 saturated carbocycles. The maximum absolute atomic E-state index is 7.08. The zero-order chi connectivity index (χ0) is 36.3. The zero-order valence-electron chi connectivity index (χ0n) is 29.8. The highest BCUT2D eigenvalue weighted by atomic mass is 16.3. The van der Waals surface area contributed by atoms with Gasteiger partial charge >= 0.3 is 0 Å². The fourth-order valence-corrected chi connectivity index (χ4v) is 8.30. The molecular weight excluding hydrogens is 671 g/mol. The Balaban J connectivity index is 1.15. The van der Waals surface area contributed by atoms with Gasteiger partial charge in [0.05, 0.1) is 11.4 Å². The molecule has 0 spiro atoms. The molecule has 3 nitrogen and oxygen atoms in total. The number of fused-ring (bicyclic) bond motifs is 8. The average molecular weight is 704 g/mol. The van der Waals surface area contributed by atoms with Gasteiger partial charge in [-0.1, -0.05) is 133 Å². The summed E-state index contributed by atoms with van der Waals surface area (Å²) in [6.07, 6.45) is 0. The van der Waals surface area contributed by atoms with Gasteiger partial charge < -0.3 is 13.7 Å². The molecule has 11 aromatic rings. The number of hydrogen-bond acceptors (Lipinski definition) is 3. The van der Waals surface area contributed by atoms with Gasteiger partial charge in [-0.25, -0.2) is 0 Å². The minimum atomic E-state index is 0.830. The Morgan fingerprint density at radius 3 is 1.62 bits per heavy atom. The van der Waals surface area contributed by atoms with E-state index in [1.165, 1.54) is 27.6 Å². The molecule has 0 aliphatic rings. The number of nitrogens with zero attached hydrogens (tertiary/aromatic N) is 1. The molecule has 0 aliphatic heterocycles. The lowest BCUT2D eigenvalue weighted by Gasteiger charge is -2.25. The fraction of sp³-hybridized carbons (Fsp3) is 0. The first-order valence-corrected chi connectivity index (χ1v) is 18.7. The van der Waals surface area contributed by atoms with Crippen LogP contribution in [0.4, 0.5) is 17.1 Å². The van der Waals surface area contributed by atoms with Crippen LogP contribution in [-0.4, -0.2) is 0 Å². The first kappa shape index (κ1) is 31.2. The molecule has 3 heteroatoms. The first-order valence-electron chi connectivity index (χ1n) is 18.7. The summed E-state index contributed by atoms with van der Waals surface area (Å²) < 4.78 is 13.5. The lowest BCUT2D eigenvalue weighted by Crippen LogP contribution is -2.09. The van der Waals surface area contributed by atoms with Gasteiger partial charge in [0.2, 0.25) is 0 Å². The third-order valence-corrected chi connectivity index (χ3v) is 10.8. The minimum absolute atomic E-state index is 0.830. The molecule has 0 fully saturated rings. The zero-order valence-corrected chi connectivity index (χ0v) is 29.8. The third-order valence-electron chi connectivity index (χ3n) is 10.8. The number of para-hydroxylation sites is 3. The van der Waals surface area contributed by atoms with E-state index in [2.05, 4.69) is 193 Å². The number of rotatable bonds is 6. The van der Waals surface area contributed by atoms with E-state index in [-0.39, 0.29) is 0 Å². The number of anilines is 3. The Morgan fingerprint density at radius 2 is 0.891 bits per heavy atom. The Morgan fingerprint density at radius 1 is 0.309 bits per heavy atom. The van der Waals surface area contributed by atoms with E-state index in [1.54, 1.807) is 0 Å². The molecule has 0 N–H and O–H groups in total. The standard InChI is InChI=1S/C52H33NO2/c1-4-15-34(16-5-1)36-29-37(35-17-6-2-7-18-35)31-38(30-36)46-33-50-51(44-23-11-10-21-41(44)46)45-24-14-25-47(52(45)55-50)53(39-19-8-3-9-20-39)40-27-28-43-42-22-12-13-26-48(42)54-49(43)32-40/h1-33H. The fourth-order valence-electron chi connectivity index (χ4n) is 8.30. The van der Waals surface area contributed by atoms with Crippen LogP contribution >= 0.6 is 0 Å². The van der Waals surface area contributed by atoms with Crippen molar-refractivity contribution >= 4 is 71.7 Å². The Labute approximate surface area is 317 Å². The second-order valence-electron chi connectivity index (χ2n) is 14.1. The number of furan rings is 2. The Kier molecular flexibility index (Phi) is 7.17. The van der Waals surface area contributed by atoms with Crippen LogP contribution in [0.15, 0.2) is 209 Å². The molecular formula is C52H33NO2. The van der Waals surface area contributed by atoms with Crippen LogP contribution in [0.3, 0.4) is 0 Å². The van der Waals surface area contributed by atoms with Gasteiger partial charge in [-0.15, -0.1) is 0 Å². The van der Waals surface area contributed by atoms with Crippen molar-refractivity contribution in [3.63, 3.8) is 0 Å². The van der Waals surface area contributed by atoms with Gasteiger partial charge in [-0.2, -0.15) is 0 Å². The highest BCUT2D eigenvalue weighted by Crippen LogP contribution is 2.47. The molecule has 9 aromatic carbocycles. The van der Waals surface area contributed by atoms with Gasteiger partial charge in [-0.3, -0.25) is 0 Å². The van der Waals surface area contributed by atoms with Gasteiger partial charge in [0.25, 0.3) is 0 Å². The molecule has 2 heterocycles. The summed E-state index contributed by atoms with van der Waals surface area (Å²) in [4.78, 5) is 2.27. The highest BCUT2D eigenvalue weighted by molar-refractivity contribution is 6.24. The Bertz CT molecular complexity index is 3140.